The minimum Gasteiger partial charge on any atom is -0.480 e. The van der Waals surface area contributed by atoms with Crippen LogP contribution in [-0.2, 0) is 9.53 Å². The monoisotopic (exact) mass is 210 g/mol. The Labute approximate surface area is 80.1 Å². The molecule has 0 radical (unpaired) electrons. The van der Waals surface area contributed by atoms with Crippen molar-refractivity contribution in [2.45, 2.75) is 12.2 Å². The second-order valence-electron chi connectivity index (χ2n) is 1.81. The molecule has 0 heterocycles. The minimum absolute atomic E-state index is 0.110. The van der Waals surface area contributed by atoms with E-state index in [9.17, 15) is 9.59 Å². The lowest BCUT2D eigenvalue weighted by Crippen LogP contribution is -2.20. The highest BCUT2D eigenvalue weighted by Gasteiger charge is 2.20. The van der Waals surface area contributed by atoms with Gasteiger partial charge in [-0.15, -0.1) is 0 Å². The first-order chi connectivity index (χ1) is 5.61. The average molecular weight is 210 g/mol. The fraction of sp³-hybridized carbons (Fsp3) is 0.667. The van der Waals surface area contributed by atoms with E-state index in [-0.39, 0.29) is 12.4 Å². The third-order valence-corrected chi connectivity index (χ3v) is 2.52. The van der Waals surface area contributed by atoms with Gasteiger partial charge in [0.1, 0.15) is 5.25 Å². The Morgan fingerprint density at radius 1 is 1.67 bits per heavy atom. The number of aliphatic carboxylic acids is 1. The molecule has 4 nitrogen and oxygen atoms in total. The lowest BCUT2D eigenvalue weighted by atomic mass is 10.5. The van der Waals surface area contributed by atoms with Gasteiger partial charge in [-0.2, -0.15) is 12.6 Å². The van der Waals surface area contributed by atoms with Crippen molar-refractivity contribution in [3.05, 3.63) is 0 Å². The van der Waals surface area contributed by atoms with Crippen molar-refractivity contribution in [1.82, 2.24) is 0 Å². The Kier molecular flexibility index (Phi) is 6.00. The first-order valence-corrected chi connectivity index (χ1v) is 4.80. The first kappa shape index (κ1) is 11.6. The normalized spacial score (nSPS) is 12.2. The average Bonchev–Trinajstić information content (AvgIpc) is 2.00. The smallest absolute Gasteiger partial charge is 0.368 e. The van der Waals surface area contributed by atoms with E-state index in [1.165, 1.54) is 0 Å². The highest BCUT2D eigenvalue weighted by Crippen LogP contribution is 2.15. The van der Waals surface area contributed by atoms with Crippen LogP contribution in [0.25, 0.3) is 0 Å². The van der Waals surface area contributed by atoms with E-state index in [2.05, 4.69) is 17.4 Å². The van der Waals surface area contributed by atoms with E-state index < -0.39 is 16.5 Å². The zero-order valence-corrected chi connectivity index (χ0v) is 8.23. The lowest BCUT2D eigenvalue weighted by molar-refractivity contribution is -0.135. The summed E-state index contributed by atoms with van der Waals surface area (Å²) < 4.78 is 4.55. The molecule has 0 bridgehead atoms. The Morgan fingerprint density at radius 3 is 2.58 bits per heavy atom. The zero-order valence-electron chi connectivity index (χ0n) is 6.52. The van der Waals surface area contributed by atoms with Crippen LogP contribution in [0.1, 0.15) is 6.92 Å². The molecule has 1 N–H and O–H groups in total. The van der Waals surface area contributed by atoms with Crippen molar-refractivity contribution in [2.75, 3.05) is 12.4 Å². The molecule has 12 heavy (non-hydrogen) atoms. The molecule has 0 aromatic heterocycles. The van der Waals surface area contributed by atoms with Gasteiger partial charge in [-0.05, 0) is 18.7 Å². The second kappa shape index (κ2) is 6.19. The molecule has 0 aromatic carbocycles. The number of hydrogen-bond donors (Lipinski definition) is 2. The predicted octanol–water partition coefficient (Wildman–Crippen LogP) is 1.26. The van der Waals surface area contributed by atoms with Gasteiger partial charge in [0.25, 0.3) is 0 Å². The molecule has 0 spiro atoms. The number of thioether (sulfide) groups is 1. The van der Waals surface area contributed by atoms with Crippen LogP contribution in [0.2, 0.25) is 0 Å². The van der Waals surface area contributed by atoms with Crippen LogP contribution in [0, 0.1) is 0 Å². The maximum atomic E-state index is 10.8. The second-order valence-corrected chi connectivity index (χ2v) is 3.31. The molecular formula is C6H10O4S2. The summed E-state index contributed by atoms with van der Waals surface area (Å²) in [6.07, 6.45) is 0. The van der Waals surface area contributed by atoms with Crippen LogP contribution in [-0.4, -0.2) is 34.0 Å². The summed E-state index contributed by atoms with van der Waals surface area (Å²) in [5.74, 6) is -0.943. The molecule has 0 rings (SSSR count). The molecule has 0 aliphatic carbocycles. The van der Waals surface area contributed by atoms with Crippen LogP contribution in [0.3, 0.4) is 0 Å². The number of carbonyl (C=O) groups excluding carboxylic acids is 1. The quantitative estimate of drug-likeness (QED) is 0.540. The first-order valence-electron chi connectivity index (χ1n) is 3.28. The predicted molar refractivity (Wildman–Crippen MR) is 49.9 cm³/mol. The van der Waals surface area contributed by atoms with Gasteiger partial charge < -0.3 is 9.84 Å². The Balaban J connectivity index is 3.85. The third kappa shape index (κ3) is 4.50. The highest BCUT2D eigenvalue weighted by atomic mass is 32.2. The van der Waals surface area contributed by atoms with Crippen molar-refractivity contribution in [3.8, 4) is 0 Å². The van der Waals surface area contributed by atoms with Gasteiger partial charge in [0.15, 0.2) is 0 Å². The summed E-state index contributed by atoms with van der Waals surface area (Å²) in [7, 11) is 0. The summed E-state index contributed by atoms with van der Waals surface area (Å²) in [5, 5.41) is 7.12. The van der Waals surface area contributed by atoms with Gasteiger partial charge in [-0.1, -0.05) is 0 Å². The number of thiol groups is 1. The standard InChI is InChI=1S/C6H10O4S2/c1-2-10-6(9)12-4(3-11)5(7)8/h4,11H,2-3H2,1H3,(H,7,8). The Hall–Kier alpha value is -0.360. The number of rotatable bonds is 4. The molecule has 0 aromatic rings. The van der Waals surface area contributed by atoms with Gasteiger partial charge in [0.2, 0.25) is 0 Å². The van der Waals surface area contributed by atoms with E-state index in [1.54, 1.807) is 6.92 Å². The van der Waals surface area contributed by atoms with Crippen molar-refractivity contribution in [3.63, 3.8) is 0 Å². The summed E-state index contributed by atoms with van der Waals surface area (Å²) >= 11 is 4.43. The van der Waals surface area contributed by atoms with E-state index in [0.29, 0.717) is 11.8 Å². The van der Waals surface area contributed by atoms with Crippen molar-refractivity contribution in [1.29, 1.82) is 0 Å². The largest absolute Gasteiger partial charge is 0.480 e. The van der Waals surface area contributed by atoms with E-state index in [4.69, 9.17) is 5.11 Å². The minimum atomic E-state index is -1.05. The van der Waals surface area contributed by atoms with Gasteiger partial charge >= 0.3 is 11.3 Å². The molecule has 0 fully saturated rings. The molecular weight excluding hydrogens is 200 g/mol. The van der Waals surface area contributed by atoms with Gasteiger partial charge in [0.05, 0.1) is 6.61 Å². The number of carboxylic acid groups (broad SMARTS) is 1. The van der Waals surface area contributed by atoms with Crippen LogP contribution in [0.4, 0.5) is 4.79 Å². The molecule has 0 saturated heterocycles. The molecule has 6 heteroatoms. The maximum absolute atomic E-state index is 10.8. The maximum Gasteiger partial charge on any atom is 0.368 e. The molecule has 1 atom stereocenters. The van der Waals surface area contributed by atoms with Crippen LogP contribution < -0.4 is 0 Å². The Bertz CT molecular complexity index is 171. The zero-order chi connectivity index (χ0) is 9.56. The van der Waals surface area contributed by atoms with Crippen LogP contribution >= 0.6 is 24.4 Å². The summed E-state index contributed by atoms with van der Waals surface area (Å²) in [6, 6.07) is 0. The number of hydrogen-bond acceptors (Lipinski definition) is 5. The summed E-state index contributed by atoms with van der Waals surface area (Å²) in [4.78, 5) is 21.2. The van der Waals surface area contributed by atoms with E-state index >= 15 is 0 Å². The van der Waals surface area contributed by atoms with Gasteiger partial charge in [-0.3, -0.25) is 4.79 Å². The number of carboxylic acids is 1. The molecule has 1 unspecified atom stereocenters. The van der Waals surface area contributed by atoms with Gasteiger partial charge in [0, 0.05) is 5.75 Å². The van der Waals surface area contributed by atoms with Crippen molar-refractivity contribution >= 4 is 35.7 Å². The molecule has 0 aliphatic heterocycles. The van der Waals surface area contributed by atoms with E-state index in [0.717, 1.165) is 0 Å². The fourth-order valence-corrected chi connectivity index (χ4v) is 1.41. The highest BCUT2D eigenvalue weighted by molar-refractivity contribution is 8.14. The topological polar surface area (TPSA) is 63.6 Å². The third-order valence-electron chi connectivity index (χ3n) is 0.942. The summed E-state index contributed by atoms with van der Waals surface area (Å²) in [6.45, 7) is 1.92. The van der Waals surface area contributed by atoms with E-state index in [1.807, 2.05) is 0 Å². The lowest BCUT2D eigenvalue weighted by Gasteiger charge is -2.06. The summed E-state index contributed by atoms with van der Waals surface area (Å²) in [5.41, 5.74) is 0. The molecule has 70 valence electrons. The molecule has 0 aliphatic rings. The SMILES string of the molecule is CCOC(=O)SC(CS)C(=O)O. The van der Waals surface area contributed by atoms with Gasteiger partial charge in [-0.25, -0.2) is 4.79 Å². The molecule has 0 amide bonds. The van der Waals surface area contributed by atoms with Crippen molar-refractivity contribution in [2.24, 2.45) is 0 Å². The fourth-order valence-electron chi connectivity index (χ4n) is 0.434. The Morgan fingerprint density at radius 2 is 2.25 bits per heavy atom. The number of carbonyl (C=O) groups is 2. The molecule has 0 saturated carbocycles. The number of ether oxygens (including phenoxy) is 1. The van der Waals surface area contributed by atoms with Crippen LogP contribution in [0.15, 0.2) is 0 Å². The van der Waals surface area contributed by atoms with Crippen LogP contribution in [0.5, 0.6) is 0 Å². The van der Waals surface area contributed by atoms with Crippen molar-refractivity contribution < 1.29 is 19.4 Å².